The Balaban J connectivity index is 1.99. The van der Waals surface area contributed by atoms with Crippen molar-refractivity contribution in [1.29, 1.82) is 0 Å². The summed E-state index contributed by atoms with van der Waals surface area (Å²) in [4.78, 5) is 25.0. The van der Waals surface area contributed by atoms with Crippen molar-refractivity contribution in [3.8, 4) is 0 Å². The molecule has 6 N–H and O–H groups in total. The van der Waals surface area contributed by atoms with Gasteiger partial charge in [0.25, 0.3) is 0 Å². The zero-order chi connectivity index (χ0) is 25.8. The molecule has 0 aliphatic rings. The quantitative estimate of drug-likeness (QED) is 0.352. The van der Waals surface area contributed by atoms with Crippen molar-refractivity contribution in [2.45, 2.75) is 26.3 Å². The smallest absolute Gasteiger partial charge is 0.323 e. The molecule has 2 aromatic carbocycles. The van der Waals surface area contributed by atoms with Crippen LogP contribution in [-0.4, -0.2) is 27.8 Å². The van der Waals surface area contributed by atoms with E-state index in [1.165, 1.54) is 30.5 Å². The van der Waals surface area contributed by atoms with Crippen molar-refractivity contribution in [1.82, 2.24) is 9.97 Å². The Labute approximate surface area is 206 Å². The Kier molecular flexibility index (Phi) is 7.65. The maximum absolute atomic E-state index is 14.6. The van der Waals surface area contributed by atoms with Crippen LogP contribution in [0.5, 0.6) is 0 Å². The molecule has 0 radical (unpaired) electrons. The third kappa shape index (κ3) is 6.97. The van der Waals surface area contributed by atoms with E-state index in [1.807, 2.05) is 20.8 Å². The van der Waals surface area contributed by atoms with E-state index in [0.29, 0.717) is 16.8 Å². The van der Waals surface area contributed by atoms with Crippen molar-refractivity contribution < 1.29 is 13.6 Å². The summed E-state index contributed by atoms with van der Waals surface area (Å²) in [5.41, 5.74) is 13.0. The summed E-state index contributed by atoms with van der Waals surface area (Å²) in [5, 5.41) is 4.92. The number of amides is 2. The van der Waals surface area contributed by atoms with Gasteiger partial charge in [0.15, 0.2) is 0 Å². The second kappa shape index (κ2) is 10.5. The number of nitrogens with one attached hydrogen (secondary N) is 2. The minimum atomic E-state index is -0.820. The van der Waals surface area contributed by atoms with Crippen LogP contribution in [0.3, 0.4) is 0 Å². The Morgan fingerprint density at radius 1 is 1.09 bits per heavy atom. The first-order chi connectivity index (χ1) is 16.4. The van der Waals surface area contributed by atoms with Gasteiger partial charge >= 0.3 is 6.03 Å². The van der Waals surface area contributed by atoms with Gasteiger partial charge in [-0.25, -0.2) is 23.5 Å². The van der Waals surface area contributed by atoms with Gasteiger partial charge in [-0.05, 0) is 62.7 Å². The van der Waals surface area contributed by atoms with Crippen LogP contribution in [-0.2, 0) is 0 Å². The van der Waals surface area contributed by atoms with E-state index in [9.17, 15) is 13.6 Å². The third-order valence-corrected chi connectivity index (χ3v) is 4.85. The molecular formula is C24H24ClF2N7O. The molecule has 1 heterocycles. The highest BCUT2D eigenvalue weighted by atomic mass is 35.5. The monoisotopic (exact) mass is 499 g/mol. The molecule has 0 spiro atoms. The van der Waals surface area contributed by atoms with Gasteiger partial charge in [-0.2, -0.15) is 0 Å². The second-order valence-corrected chi connectivity index (χ2v) is 8.86. The van der Waals surface area contributed by atoms with Crippen LogP contribution in [0.1, 0.15) is 32.0 Å². The first-order valence-corrected chi connectivity index (χ1v) is 10.8. The number of carbonyl (C=O) groups is 1. The molecule has 0 aliphatic heterocycles. The van der Waals surface area contributed by atoms with E-state index in [4.69, 9.17) is 23.1 Å². The first kappa shape index (κ1) is 25.6. The maximum Gasteiger partial charge on any atom is 0.323 e. The highest BCUT2D eigenvalue weighted by molar-refractivity contribution is 6.33. The van der Waals surface area contributed by atoms with Crippen LogP contribution in [0.15, 0.2) is 53.7 Å². The Hall–Kier alpha value is -4.05. The lowest BCUT2D eigenvalue weighted by Gasteiger charge is -2.15. The van der Waals surface area contributed by atoms with Crippen molar-refractivity contribution in [2.24, 2.45) is 10.7 Å². The minimum absolute atomic E-state index is 0.0317. The summed E-state index contributed by atoms with van der Waals surface area (Å²) >= 11 is 5.98. The number of hydrogen-bond donors (Lipinski definition) is 4. The molecule has 2 amide bonds. The average Bonchev–Trinajstić information content (AvgIpc) is 2.77. The van der Waals surface area contributed by atoms with Crippen LogP contribution in [0, 0.1) is 11.6 Å². The lowest BCUT2D eigenvalue weighted by molar-refractivity contribution is 0.262. The van der Waals surface area contributed by atoms with Gasteiger partial charge in [-0.15, -0.1) is 0 Å². The largest absolute Gasteiger partial charge is 0.396 e. The fraction of sp³-hybridized carbons (Fsp3) is 0.167. The highest BCUT2D eigenvalue weighted by Gasteiger charge is 2.16. The standard InChI is InChI=1S/C24H24ClF2N7O/c1-24(2,3)31-12-15(21(28)18-8-9-30-22(29)32-18)13-4-7-17(27)20(10-13)34-23(35)33-19-11-14(26)5-6-16(19)25/h4-12H,28H2,1-3H3,(H2,29,30,32)(H2,33,34,35). The first-order valence-electron chi connectivity index (χ1n) is 10.4. The lowest BCUT2D eigenvalue weighted by Crippen LogP contribution is -2.20. The summed E-state index contributed by atoms with van der Waals surface area (Å²) in [6.45, 7) is 5.71. The molecule has 0 bridgehead atoms. The van der Waals surface area contributed by atoms with Crippen molar-refractivity contribution >= 4 is 52.4 Å². The number of anilines is 3. The molecule has 0 aliphatic carbocycles. The summed E-state index contributed by atoms with van der Waals surface area (Å²) in [6, 6.07) is 8.31. The molecule has 11 heteroatoms. The lowest BCUT2D eigenvalue weighted by atomic mass is 10.0. The van der Waals surface area contributed by atoms with E-state index >= 15 is 0 Å². The number of nitrogens with two attached hydrogens (primary N) is 2. The summed E-state index contributed by atoms with van der Waals surface area (Å²) in [7, 11) is 0. The summed E-state index contributed by atoms with van der Waals surface area (Å²) in [6.07, 6.45) is 3.01. The Bertz CT molecular complexity index is 1320. The van der Waals surface area contributed by atoms with Gasteiger partial charge < -0.3 is 22.1 Å². The molecular weight excluding hydrogens is 476 g/mol. The zero-order valence-electron chi connectivity index (χ0n) is 19.2. The number of carbonyl (C=O) groups excluding carboxylic acids is 1. The van der Waals surface area contributed by atoms with Crippen LogP contribution < -0.4 is 22.1 Å². The van der Waals surface area contributed by atoms with Crippen LogP contribution in [0.25, 0.3) is 11.3 Å². The molecule has 0 atom stereocenters. The number of hydrogen-bond acceptors (Lipinski definition) is 6. The molecule has 0 saturated heterocycles. The van der Waals surface area contributed by atoms with Gasteiger partial charge in [-0.3, -0.25) is 4.99 Å². The fourth-order valence-corrected chi connectivity index (χ4v) is 3.04. The fourth-order valence-electron chi connectivity index (χ4n) is 2.88. The molecule has 3 aromatic rings. The molecule has 8 nitrogen and oxygen atoms in total. The van der Waals surface area contributed by atoms with E-state index < -0.39 is 23.2 Å². The number of aromatic nitrogens is 2. The van der Waals surface area contributed by atoms with Crippen LogP contribution >= 0.6 is 11.6 Å². The van der Waals surface area contributed by atoms with Crippen molar-refractivity contribution in [3.63, 3.8) is 0 Å². The number of nitrogen functional groups attached to an aromatic ring is 1. The number of nitrogens with zero attached hydrogens (tertiary/aromatic N) is 3. The molecule has 0 unspecified atom stereocenters. The molecule has 3 rings (SSSR count). The normalized spacial score (nSPS) is 12.4. The minimum Gasteiger partial charge on any atom is -0.396 e. The van der Waals surface area contributed by atoms with E-state index in [-0.39, 0.29) is 28.0 Å². The van der Waals surface area contributed by atoms with Gasteiger partial charge in [0.1, 0.15) is 11.6 Å². The zero-order valence-corrected chi connectivity index (χ0v) is 20.0. The van der Waals surface area contributed by atoms with E-state index in [2.05, 4.69) is 25.6 Å². The summed E-state index contributed by atoms with van der Waals surface area (Å²) in [5.74, 6) is -1.26. The number of urea groups is 1. The molecule has 182 valence electrons. The second-order valence-electron chi connectivity index (χ2n) is 8.45. The summed E-state index contributed by atoms with van der Waals surface area (Å²) < 4.78 is 28.1. The SMILES string of the molecule is CC(C)(C)N=CC(=C(N)c1ccnc(N)n1)c1ccc(F)c(NC(=O)Nc2cc(F)ccc2Cl)c1. The Morgan fingerprint density at radius 2 is 1.80 bits per heavy atom. The molecule has 35 heavy (non-hydrogen) atoms. The topological polar surface area (TPSA) is 131 Å². The van der Waals surface area contributed by atoms with Crippen LogP contribution in [0.2, 0.25) is 5.02 Å². The van der Waals surface area contributed by atoms with Crippen molar-refractivity contribution in [2.75, 3.05) is 16.4 Å². The number of rotatable bonds is 5. The van der Waals surface area contributed by atoms with Crippen molar-refractivity contribution in [3.05, 3.63) is 76.6 Å². The van der Waals surface area contributed by atoms with Gasteiger partial charge in [0.05, 0.1) is 33.3 Å². The number of allylic oxidation sites excluding steroid dienone is 1. The number of halogens is 3. The van der Waals surface area contributed by atoms with Gasteiger partial charge in [0, 0.05) is 18.0 Å². The van der Waals surface area contributed by atoms with Crippen LogP contribution in [0.4, 0.5) is 30.9 Å². The highest BCUT2D eigenvalue weighted by Crippen LogP contribution is 2.27. The van der Waals surface area contributed by atoms with E-state index in [1.54, 1.807) is 12.3 Å². The predicted octanol–water partition coefficient (Wildman–Crippen LogP) is 5.33. The molecule has 0 saturated carbocycles. The number of benzene rings is 2. The van der Waals surface area contributed by atoms with Gasteiger partial charge in [-0.1, -0.05) is 17.7 Å². The Morgan fingerprint density at radius 3 is 2.49 bits per heavy atom. The predicted molar refractivity (Wildman–Crippen MR) is 136 cm³/mol. The van der Waals surface area contributed by atoms with Gasteiger partial charge in [0.2, 0.25) is 5.95 Å². The number of aliphatic imine (C=N–C) groups is 1. The molecule has 1 aromatic heterocycles. The average molecular weight is 500 g/mol. The maximum atomic E-state index is 14.6. The third-order valence-electron chi connectivity index (χ3n) is 4.52. The molecule has 0 fully saturated rings. The van der Waals surface area contributed by atoms with E-state index in [0.717, 1.165) is 12.1 Å².